The van der Waals surface area contributed by atoms with Gasteiger partial charge in [-0.3, -0.25) is 0 Å². The highest BCUT2D eigenvalue weighted by Crippen LogP contribution is 2.52. The lowest BCUT2D eigenvalue weighted by atomic mass is 9.59. The predicted molar refractivity (Wildman–Crippen MR) is 128 cm³/mol. The Morgan fingerprint density at radius 2 is 1.71 bits per heavy atom. The van der Waals surface area contributed by atoms with Crippen molar-refractivity contribution in [3.63, 3.8) is 0 Å². The predicted octanol–water partition coefficient (Wildman–Crippen LogP) is 7.47. The Kier molecular flexibility index (Phi) is 7.25. The largest absolute Gasteiger partial charge is 0.457 e. The van der Waals surface area contributed by atoms with E-state index in [0.29, 0.717) is 12.0 Å². The van der Waals surface area contributed by atoms with Crippen LogP contribution in [0.1, 0.15) is 106 Å². The zero-order valence-electron chi connectivity index (χ0n) is 21.0. The number of rotatable bonds is 4. The number of ether oxygens (including phenoxy) is 2. The van der Waals surface area contributed by atoms with E-state index in [1.54, 1.807) is 6.08 Å². The maximum absolute atomic E-state index is 12.2. The zero-order chi connectivity index (χ0) is 22.9. The van der Waals surface area contributed by atoms with Crippen LogP contribution in [0.15, 0.2) is 34.9 Å². The molecule has 3 aliphatic carbocycles. The van der Waals surface area contributed by atoms with E-state index in [0.717, 1.165) is 19.3 Å². The molecule has 0 N–H and O–H groups in total. The summed E-state index contributed by atoms with van der Waals surface area (Å²) in [6.45, 7) is 14.7. The van der Waals surface area contributed by atoms with Gasteiger partial charge in [0.05, 0.1) is 11.7 Å². The second kappa shape index (κ2) is 9.25. The highest BCUT2D eigenvalue weighted by molar-refractivity contribution is 5.83. The average Bonchev–Trinajstić information content (AvgIpc) is 2.65. The van der Waals surface area contributed by atoms with E-state index in [4.69, 9.17) is 9.47 Å². The van der Waals surface area contributed by atoms with Gasteiger partial charge in [-0.1, -0.05) is 25.5 Å². The van der Waals surface area contributed by atoms with Crippen molar-refractivity contribution in [1.29, 1.82) is 0 Å². The monoisotopic (exact) mass is 428 g/mol. The van der Waals surface area contributed by atoms with E-state index < -0.39 is 5.60 Å². The van der Waals surface area contributed by atoms with Gasteiger partial charge in [-0.2, -0.15) is 0 Å². The molecule has 3 heteroatoms. The maximum Gasteiger partial charge on any atom is 0.331 e. The number of hydrogen-bond donors (Lipinski definition) is 0. The summed E-state index contributed by atoms with van der Waals surface area (Å²) in [6.07, 6.45) is 17.2. The number of carbonyl (C=O) groups excluding carboxylic acids is 1. The van der Waals surface area contributed by atoms with Crippen molar-refractivity contribution in [1.82, 2.24) is 0 Å². The molecule has 0 spiro atoms. The Morgan fingerprint density at radius 1 is 1.00 bits per heavy atom. The molecule has 3 atom stereocenters. The van der Waals surface area contributed by atoms with Crippen LogP contribution in [0.4, 0.5) is 0 Å². The molecular formula is C28H44O3. The highest BCUT2D eigenvalue weighted by Gasteiger charge is 2.46. The Hall–Kier alpha value is -1.35. The first-order valence-electron chi connectivity index (χ1n) is 12.4. The minimum atomic E-state index is -0.450. The van der Waals surface area contributed by atoms with Crippen molar-refractivity contribution in [2.75, 3.05) is 0 Å². The summed E-state index contributed by atoms with van der Waals surface area (Å²) in [5.41, 5.74) is 4.05. The van der Waals surface area contributed by atoms with Crippen molar-refractivity contribution in [3.8, 4) is 0 Å². The first-order valence-corrected chi connectivity index (χ1v) is 12.4. The van der Waals surface area contributed by atoms with Crippen molar-refractivity contribution < 1.29 is 14.3 Å². The van der Waals surface area contributed by atoms with E-state index >= 15 is 0 Å². The van der Waals surface area contributed by atoms with Crippen LogP contribution in [0.2, 0.25) is 0 Å². The summed E-state index contributed by atoms with van der Waals surface area (Å²) >= 11 is 0. The highest BCUT2D eigenvalue weighted by atomic mass is 16.6. The third-order valence-electron chi connectivity index (χ3n) is 7.12. The summed E-state index contributed by atoms with van der Waals surface area (Å²) in [4.78, 5) is 12.2. The Bertz CT molecular complexity index is 756. The fourth-order valence-electron chi connectivity index (χ4n) is 5.63. The molecule has 0 aromatic rings. The Labute approximate surface area is 190 Å². The van der Waals surface area contributed by atoms with Gasteiger partial charge in [-0.05, 0) is 116 Å². The molecule has 3 aliphatic rings. The van der Waals surface area contributed by atoms with Gasteiger partial charge in [0.1, 0.15) is 5.60 Å². The van der Waals surface area contributed by atoms with Gasteiger partial charge in [-0.25, -0.2) is 4.79 Å². The minimum absolute atomic E-state index is 0.0922. The normalized spacial score (nSPS) is 30.2. The fourth-order valence-corrected chi connectivity index (χ4v) is 5.63. The molecule has 0 amide bonds. The molecule has 0 heterocycles. The summed E-state index contributed by atoms with van der Waals surface area (Å²) < 4.78 is 12.0. The molecule has 0 unspecified atom stereocenters. The zero-order valence-corrected chi connectivity index (χ0v) is 21.0. The van der Waals surface area contributed by atoms with E-state index in [-0.39, 0.29) is 17.0 Å². The molecule has 0 saturated heterocycles. The lowest BCUT2D eigenvalue weighted by Gasteiger charge is -2.51. The van der Waals surface area contributed by atoms with Crippen molar-refractivity contribution >= 4 is 5.97 Å². The number of hydrogen-bond acceptors (Lipinski definition) is 3. The van der Waals surface area contributed by atoms with Gasteiger partial charge in [0.25, 0.3) is 0 Å². The van der Waals surface area contributed by atoms with Crippen LogP contribution in [-0.4, -0.2) is 23.3 Å². The smallest absolute Gasteiger partial charge is 0.331 e. The van der Waals surface area contributed by atoms with Crippen LogP contribution >= 0.6 is 0 Å². The molecule has 174 valence electrons. The molecule has 0 aromatic carbocycles. The van der Waals surface area contributed by atoms with Crippen LogP contribution < -0.4 is 0 Å². The van der Waals surface area contributed by atoms with Gasteiger partial charge in [0.2, 0.25) is 0 Å². The quantitative estimate of drug-likeness (QED) is 0.344. The summed E-state index contributed by atoms with van der Waals surface area (Å²) in [6, 6.07) is 0. The second-order valence-electron chi connectivity index (χ2n) is 12.0. The van der Waals surface area contributed by atoms with Gasteiger partial charge >= 0.3 is 5.97 Å². The third kappa shape index (κ3) is 6.34. The van der Waals surface area contributed by atoms with Gasteiger partial charge in [-0.15, -0.1) is 0 Å². The van der Waals surface area contributed by atoms with Crippen LogP contribution in [0.25, 0.3) is 0 Å². The lowest BCUT2D eigenvalue weighted by molar-refractivity contribution is -0.148. The maximum atomic E-state index is 12.2. The topological polar surface area (TPSA) is 35.5 Å². The number of esters is 1. The van der Waals surface area contributed by atoms with E-state index in [1.165, 1.54) is 55.2 Å². The van der Waals surface area contributed by atoms with Gasteiger partial charge < -0.3 is 9.47 Å². The molecule has 0 bridgehead atoms. The van der Waals surface area contributed by atoms with Crippen LogP contribution in [0, 0.1) is 11.3 Å². The lowest BCUT2D eigenvalue weighted by Crippen LogP contribution is -2.48. The van der Waals surface area contributed by atoms with Gasteiger partial charge in [0.15, 0.2) is 0 Å². The molecule has 31 heavy (non-hydrogen) atoms. The number of fused-ring (bicyclic) bond motifs is 1. The molecule has 3 rings (SSSR count). The minimum Gasteiger partial charge on any atom is -0.457 e. The first kappa shape index (κ1) is 24.3. The Balaban J connectivity index is 1.82. The molecule has 0 radical (unpaired) electrons. The van der Waals surface area contributed by atoms with Crippen LogP contribution in [-0.2, 0) is 14.3 Å². The Morgan fingerprint density at radius 3 is 2.39 bits per heavy atom. The summed E-state index contributed by atoms with van der Waals surface area (Å²) in [7, 11) is 0. The number of carbonyl (C=O) groups is 1. The number of allylic oxidation sites excluding steroid dienone is 5. The summed E-state index contributed by atoms with van der Waals surface area (Å²) in [5.74, 6) is 0.340. The summed E-state index contributed by atoms with van der Waals surface area (Å²) in [5, 5.41) is 0. The van der Waals surface area contributed by atoms with Crippen LogP contribution in [0.3, 0.4) is 0 Å². The van der Waals surface area contributed by atoms with E-state index in [1.807, 2.05) is 26.8 Å². The van der Waals surface area contributed by atoms with Crippen molar-refractivity contribution in [2.45, 2.75) is 124 Å². The van der Waals surface area contributed by atoms with Crippen molar-refractivity contribution in [2.24, 2.45) is 11.3 Å². The van der Waals surface area contributed by atoms with E-state index in [9.17, 15) is 4.79 Å². The molecule has 1 saturated carbocycles. The molecule has 0 aromatic heterocycles. The molecule has 1 fully saturated rings. The van der Waals surface area contributed by atoms with Crippen LogP contribution in [0.5, 0.6) is 0 Å². The third-order valence-corrected chi connectivity index (χ3v) is 7.12. The average molecular weight is 429 g/mol. The first-order chi connectivity index (χ1) is 14.4. The molecule has 3 nitrogen and oxygen atoms in total. The SMILES string of the molecule is CC(C)(C)OC(=O)/C=C/C1=C(C2=C[C@@H]3CCC[C@H](OC(C)(C)C)[C@@]3(C)CC2)CCCC1. The molecular weight excluding hydrogens is 384 g/mol. The second-order valence-corrected chi connectivity index (χ2v) is 12.0. The van der Waals surface area contributed by atoms with E-state index in [2.05, 4.69) is 33.8 Å². The molecule has 0 aliphatic heterocycles. The van der Waals surface area contributed by atoms with Gasteiger partial charge in [0, 0.05) is 11.5 Å². The standard InChI is InChI=1S/C28H44O3/c1-26(2,3)30-24-14-10-12-22-19-21(17-18-28(22,24)7)23-13-9-8-11-20(23)15-16-25(29)31-27(4,5)6/h15-16,19,22,24H,8-14,17-18H2,1-7H3/b16-15+/t22-,24-,28-/m0/s1. The fraction of sp³-hybridized carbons (Fsp3) is 0.750. The van der Waals surface area contributed by atoms with Crippen molar-refractivity contribution in [3.05, 3.63) is 34.9 Å².